The molecule has 0 spiro atoms. The molecule has 1 aliphatic heterocycles. The lowest BCUT2D eigenvalue weighted by Gasteiger charge is -2.23. The molecule has 0 fully saturated rings. The normalized spacial score (nSPS) is 18.3. The molecule has 6 heteroatoms. The Balaban J connectivity index is 2.05. The zero-order chi connectivity index (χ0) is 23.1. The summed E-state index contributed by atoms with van der Waals surface area (Å²) < 4.78 is 0. The highest BCUT2D eigenvalue weighted by Gasteiger charge is 2.23. The maximum Gasteiger partial charge on any atom is 0.0605 e. The molecule has 0 bridgehead atoms. The van der Waals surface area contributed by atoms with Crippen LogP contribution in [0.1, 0.15) is 41.6 Å². The van der Waals surface area contributed by atoms with Gasteiger partial charge in [-0.15, -0.1) is 0 Å². The molecule has 0 amide bonds. The minimum Gasteiger partial charge on any atom is -0.404 e. The SMILES string of the molecule is CN=CC(=CN)c1ccc2c(c1)C(Nc1ccccc1CCN(C)C)CCN/C2=C(/C)N. The van der Waals surface area contributed by atoms with Gasteiger partial charge in [0.05, 0.1) is 11.7 Å². The standard InChI is InChI=1S/C26H36N6/c1-18(28)26-22-10-9-20(21(16-27)17-29-2)15-23(22)25(11-13-30-26)31-24-8-6-5-7-19(24)12-14-32(3)4/h5-10,15-17,25,30-31H,11-14,27-28H2,1-4H3/b21-16?,26-18-,29-17?. The van der Waals surface area contributed by atoms with Crippen LogP contribution < -0.4 is 22.1 Å². The second kappa shape index (κ2) is 10.9. The smallest absolute Gasteiger partial charge is 0.0605 e. The zero-order valence-electron chi connectivity index (χ0n) is 19.7. The molecule has 0 saturated heterocycles. The van der Waals surface area contributed by atoms with Crippen LogP contribution in [0.2, 0.25) is 0 Å². The van der Waals surface area contributed by atoms with E-state index in [9.17, 15) is 0 Å². The Kier molecular flexibility index (Phi) is 7.95. The Bertz CT molecular complexity index is 1010. The first-order valence-corrected chi connectivity index (χ1v) is 11.1. The van der Waals surface area contributed by atoms with E-state index in [4.69, 9.17) is 11.5 Å². The van der Waals surface area contributed by atoms with Crippen LogP contribution in [0.4, 0.5) is 5.69 Å². The topological polar surface area (TPSA) is 91.7 Å². The van der Waals surface area contributed by atoms with Gasteiger partial charge in [0.1, 0.15) is 0 Å². The van der Waals surface area contributed by atoms with Crippen molar-refractivity contribution in [2.45, 2.75) is 25.8 Å². The summed E-state index contributed by atoms with van der Waals surface area (Å²) in [6.45, 7) is 3.78. The van der Waals surface area contributed by atoms with Crippen molar-refractivity contribution in [2.24, 2.45) is 16.5 Å². The van der Waals surface area contributed by atoms with E-state index >= 15 is 0 Å². The average Bonchev–Trinajstić information content (AvgIpc) is 2.96. The molecule has 2 aromatic carbocycles. The summed E-state index contributed by atoms with van der Waals surface area (Å²) in [5.74, 6) is 0. The number of hydrogen-bond donors (Lipinski definition) is 4. The lowest BCUT2D eigenvalue weighted by molar-refractivity contribution is 0.414. The molecule has 6 nitrogen and oxygen atoms in total. The Morgan fingerprint density at radius 3 is 2.72 bits per heavy atom. The van der Waals surface area contributed by atoms with Gasteiger partial charge in [-0.05, 0) is 62.7 Å². The first-order chi connectivity index (χ1) is 15.4. The van der Waals surface area contributed by atoms with Crippen LogP contribution in [0.25, 0.3) is 11.3 Å². The summed E-state index contributed by atoms with van der Waals surface area (Å²) in [5.41, 5.74) is 20.7. The van der Waals surface area contributed by atoms with Crippen LogP contribution in [-0.2, 0) is 6.42 Å². The van der Waals surface area contributed by atoms with Crippen molar-refractivity contribution in [1.29, 1.82) is 0 Å². The van der Waals surface area contributed by atoms with Crippen molar-refractivity contribution in [3.05, 3.63) is 76.6 Å². The fraction of sp³-hybridized carbons (Fsp3) is 0.346. The summed E-state index contributed by atoms with van der Waals surface area (Å²) >= 11 is 0. The molecule has 0 saturated carbocycles. The quantitative estimate of drug-likeness (QED) is 0.502. The van der Waals surface area contributed by atoms with E-state index in [1.54, 1.807) is 19.5 Å². The van der Waals surface area contributed by atoms with Crippen molar-refractivity contribution in [1.82, 2.24) is 10.2 Å². The third-order valence-corrected chi connectivity index (χ3v) is 5.78. The third-order valence-electron chi connectivity index (χ3n) is 5.78. The molecule has 170 valence electrons. The molecule has 2 aromatic rings. The van der Waals surface area contributed by atoms with Crippen molar-refractivity contribution in [3.63, 3.8) is 0 Å². The van der Waals surface area contributed by atoms with Gasteiger partial charge in [0, 0.05) is 55.1 Å². The maximum absolute atomic E-state index is 6.25. The van der Waals surface area contributed by atoms with Crippen LogP contribution in [0.3, 0.4) is 0 Å². The van der Waals surface area contributed by atoms with Crippen LogP contribution in [0.5, 0.6) is 0 Å². The number of fused-ring (bicyclic) bond motifs is 1. The molecule has 1 atom stereocenters. The summed E-state index contributed by atoms with van der Waals surface area (Å²) in [6.07, 6.45) is 5.32. The zero-order valence-corrected chi connectivity index (χ0v) is 19.7. The minimum absolute atomic E-state index is 0.132. The fourth-order valence-corrected chi connectivity index (χ4v) is 4.12. The highest BCUT2D eigenvalue weighted by molar-refractivity contribution is 6.09. The number of nitrogens with zero attached hydrogens (tertiary/aromatic N) is 2. The number of para-hydroxylation sites is 1. The van der Waals surface area contributed by atoms with Gasteiger partial charge in [0.2, 0.25) is 0 Å². The fourth-order valence-electron chi connectivity index (χ4n) is 4.12. The summed E-state index contributed by atoms with van der Waals surface area (Å²) in [4.78, 5) is 6.37. The van der Waals surface area contributed by atoms with E-state index in [1.807, 2.05) is 6.92 Å². The first kappa shape index (κ1) is 23.4. The molecule has 1 unspecified atom stereocenters. The van der Waals surface area contributed by atoms with Gasteiger partial charge in [-0.2, -0.15) is 0 Å². The second-order valence-electron chi connectivity index (χ2n) is 8.49. The molecular weight excluding hydrogens is 396 g/mol. The van der Waals surface area contributed by atoms with Crippen molar-refractivity contribution in [2.75, 3.05) is 39.5 Å². The number of allylic oxidation sites excluding steroid dienone is 2. The molecule has 3 rings (SSSR count). The maximum atomic E-state index is 6.25. The van der Waals surface area contributed by atoms with E-state index in [-0.39, 0.29) is 6.04 Å². The van der Waals surface area contributed by atoms with Crippen LogP contribution in [0, 0.1) is 0 Å². The van der Waals surface area contributed by atoms with E-state index in [0.717, 1.165) is 54.0 Å². The Hall–Kier alpha value is -3.25. The van der Waals surface area contributed by atoms with Gasteiger partial charge in [0.25, 0.3) is 0 Å². The largest absolute Gasteiger partial charge is 0.404 e. The minimum atomic E-state index is 0.132. The average molecular weight is 433 g/mol. The van der Waals surface area contributed by atoms with Gasteiger partial charge in [0.15, 0.2) is 0 Å². The Morgan fingerprint density at radius 2 is 2.03 bits per heavy atom. The number of anilines is 1. The molecule has 0 radical (unpaired) electrons. The number of likely N-dealkylation sites (N-methyl/N-ethyl adjacent to an activating group) is 1. The molecule has 0 aliphatic carbocycles. The van der Waals surface area contributed by atoms with Gasteiger partial charge in [-0.1, -0.05) is 30.3 Å². The number of rotatable bonds is 7. The molecule has 0 aromatic heterocycles. The van der Waals surface area contributed by atoms with Gasteiger partial charge < -0.3 is 27.0 Å². The van der Waals surface area contributed by atoms with Crippen LogP contribution in [-0.4, -0.2) is 45.3 Å². The number of nitrogens with one attached hydrogen (secondary N) is 2. The summed E-state index contributed by atoms with van der Waals surface area (Å²) in [5, 5.41) is 7.38. The number of benzene rings is 2. The summed E-state index contributed by atoms with van der Waals surface area (Å²) in [7, 11) is 5.97. The number of nitrogens with two attached hydrogens (primary N) is 2. The van der Waals surface area contributed by atoms with Crippen molar-refractivity contribution < 1.29 is 0 Å². The monoisotopic (exact) mass is 432 g/mol. The van der Waals surface area contributed by atoms with Gasteiger partial charge >= 0.3 is 0 Å². The lowest BCUT2D eigenvalue weighted by atomic mass is 9.92. The van der Waals surface area contributed by atoms with Crippen molar-refractivity contribution >= 4 is 23.2 Å². The number of aliphatic imine (C=N–C) groups is 1. The second-order valence-corrected chi connectivity index (χ2v) is 8.49. The molecule has 32 heavy (non-hydrogen) atoms. The molecule has 6 N–H and O–H groups in total. The van der Waals surface area contributed by atoms with Crippen LogP contribution >= 0.6 is 0 Å². The highest BCUT2D eigenvalue weighted by atomic mass is 15.0. The van der Waals surface area contributed by atoms with E-state index in [0.29, 0.717) is 0 Å². The molecular formula is C26H36N6. The lowest BCUT2D eigenvalue weighted by Crippen LogP contribution is -2.18. The molecule has 1 heterocycles. The number of hydrogen-bond acceptors (Lipinski definition) is 6. The first-order valence-electron chi connectivity index (χ1n) is 11.1. The Morgan fingerprint density at radius 1 is 1.25 bits per heavy atom. The van der Waals surface area contributed by atoms with Gasteiger partial charge in [-0.25, -0.2) is 0 Å². The third kappa shape index (κ3) is 5.51. The molecule has 1 aliphatic rings. The van der Waals surface area contributed by atoms with Crippen molar-refractivity contribution in [3.8, 4) is 0 Å². The predicted molar refractivity (Wildman–Crippen MR) is 137 cm³/mol. The van der Waals surface area contributed by atoms with Crippen LogP contribution in [0.15, 0.2) is 59.4 Å². The van der Waals surface area contributed by atoms with Gasteiger partial charge in [-0.3, -0.25) is 4.99 Å². The summed E-state index contributed by atoms with van der Waals surface area (Å²) in [6, 6.07) is 15.1. The van der Waals surface area contributed by atoms with E-state index < -0.39 is 0 Å². The highest BCUT2D eigenvalue weighted by Crippen LogP contribution is 2.34. The van der Waals surface area contributed by atoms with E-state index in [1.165, 1.54) is 16.8 Å². The van der Waals surface area contributed by atoms with E-state index in [2.05, 4.69) is 77.1 Å². The Labute approximate surface area is 192 Å². The predicted octanol–water partition coefficient (Wildman–Crippen LogP) is 3.58.